The molecule has 1 aromatic heterocycles. The molecule has 1 fully saturated rings. The van der Waals surface area contributed by atoms with E-state index in [9.17, 15) is 9.59 Å². The van der Waals surface area contributed by atoms with Crippen molar-refractivity contribution >= 4 is 23.2 Å². The Labute approximate surface area is 130 Å². The summed E-state index contributed by atoms with van der Waals surface area (Å²) in [4.78, 5) is 29.3. The van der Waals surface area contributed by atoms with E-state index < -0.39 is 5.54 Å². The molecule has 1 saturated heterocycles. The maximum absolute atomic E-state index is 12.7. The summed E-state index contributed by atoms with van der Waals surface area (Å²) in [7, 11) is 0. The highest BCUT2D eigenvalue weighted by Gasteiger charge is 2.47. The first-order valence-corrected chi connectivity index (χ1v) is 8.47. The number of nitrogens with one attached hydrogen (secondary N) is 1. The Kier molecular flexibility index (Phi) is 4.71. The van der Waals surface area contributed by atoms with E-state index in [2.05, 4.69) is 24.4 Å². The first-order valence-electron chi connectivity index (χ1n) is 7.66. The molecule has 0 bridgehead atoms. The smallest absolute Gasteiger partial charge is 0.246 e. The minimum atomic E-state index is -0.751. The number of carbonyl (C=O) groups is 2. The standard InChI is InChI=1S/C16H24N2O2S/c1-5-11-8-9-12(21-11)10-18-14(19)13(6-2)17-15(20)16(18,4)7-3/h8-9,13H,5-7,10H2,1-4H3,(H,17,20). The molecule has 1 N–H and O–H groups in total. The lowest BCUT2D eigenvalue weighted by Crippen LogP contribution is -2.68. The Morgan fingerprint density at radius 2 is 1.90 bits per heavy atom. The molecule has 1 aromatic rings. The van der Waals surface area contributed by atoms with Gasteiger partial charge in [-0.15, -0.1) is 11.3 Å². The van der Waals surface area contributed by atoms with Gasteiger partial charge in [-0.05, 0) is 38.3 Å². The number of nitrogens with zero attached hydrogens (tertiary/aromatic N) is 1. The van der Waals surface area contributed by atoms with Gasteiger partial charge in [0.15, 0.2) is 0 Å². The normalized spacial score (nSPS) is 26.1. The van der Waals surface area contributed by atoms with Crippen molar-refractivity contribution in [3.8, 4) is 0 Å². The maximum atomic E-state index is 12.7. The fraction of sp³-hybridized carbons (Fsp3) is 0.625. The van der Waals surface area contributed by atoms with Crippen molar-refractivity contribution in [2.75, 3.05) is 0 Å². The van der Waals surface area contributed by atoms with Gasteiger partial charge in [0.1, 0.15) is 11.6 Å². The molecule has 5 heteroatoms. The zero-order valence-corrected chi connectivity index (χ0v) is 14.0. The average Bonchev–Trinajstić information content (AvgIpc) is 2.95. The Morgan fingerprint density at radius 3 is 2.43 bits per heavy atom. The topological polar surface area (TPSA) is 49.4 Å². The predicted octanol–water partition coefficient (Wildman–Crippen LogP) is 2.72. The van der Waals surface area contributed by atoms with Crippen LogP contribution in [0.2, 0.25) is 0 Å². The summed E-state index contributed by atoms with van der Waals surface area (Å²) in [6, 6.07) is 3.79. The van der Waals surface area contributed by atoms with Crippen LogP contribution in [0, 0.1) is 0 Å². The van der Waals surface area contributed by atoms with Gasteiger partial charge in [0.2, 0.25) is 11.8 Å². The van der Waals surface area contributed by atoms with E-state index in [4.69, 9.17) is 0 Å². The van der Waals surface area contributed by atoms with E-state index >= 15 is 0 Å². The Hall–Kier alpha value is -1.36. The van der Waals surface area contributed by atoms with Gasteiger partial charge in [0, 0.05) is 9.75 Å². The SMILES string of the molecule is CCc1ccc(CN2C(=O)C(CC)NC(=O)C2(C)CC)s1. The van der Waals surface area contributed by atoms with Crippen LogP contribution >= 0.6 is 11.3 Å². The predicted molar refractivity (Wildman–Crippen MR) is 85.2 cm³/mol. The van der Waals surface area contributed by atoms with Crippen LogP contribution in [0.1, 0.15) is 50.3 Å². The van der Waals surface area contributed by atoms with Crippen molar-refractivity contribution in [3.05, 3.63) is 21.9 Å². The first kappa shape index (κ1) is 16.0. The third-order valence-corrected chi connectivity index (χ3v) is 5.65. The molecule has 0 spiro atoms. The van der Waals surface area contributed by atoms with Crippen molar-refractivity contribution in [1.82, 2.24) is 10.2 Å². The summed E-state index contributed by atoms with van der Waals surface area (Å²) in [6.45, 7) is 8.39. The van der Waals surface area contributed by atoms with E-state index in [0.29, 0.717) is 19.4 Å². The number of thiophene rings is 1. The molecule has 0 saturated carbocycles. The highest BCUT2D eigenvalue weighted by molar-refractivity contribution is 7.11. The van der Waals surface area contributed by atoms with Crippen molar-refractivity contribution < 1.29 is 9.59 Å². The molecular weight excluding hydrogens is 284 g/mol. The Bertz CT molecular complexity index is 540. The zero-order chi connectivity index (χ0) is 15.6. The number of amides is 2. The fourth-order valence-corrected chi connectivity index (χ4v) is 3.61. The van der Waals surface area contributed by atoms with Crippen LogP contribution in [0.3, 0.4) is 0 Å². The van der Waals surface area contributed by atoms with Gasteiger partial charge < -0.3 is 10.2 Å². The highest BCUT2D eigenvalue weighted by Crippen LogP contribution is 2.29. The summed E-state index contributed by atoms with van der Waals surface area (Å²) >= 11 is 1.72. The van der Waals surface area contributed by atoms with Crippen LogP contribution in [0.5, 0.6) is 0 Å². The summed E-state index contributed by atoms with van der Waals surface area (Å²) in [6.07, 6.45) is 2.25. The molecule has 1 aliphatic rings. The lowest BCUT2D eigenvalue weighted by atomic mass is 9.90. The van der Waals surface area contributed by atoms with Crippen LogP contribution in [-0.2, 0) is 22.6 Å². The van der Waals surface area contributed by atoms with Crippen LogP contribution in [0.15, 0.2) is 12.1 Å². The third-order valence-electron chi connectivity index (χ3n) is 4.43. The lowest BCUT2D eigenvalue weighted by Gasteiger charge is -2.45. The number of hydrogen-bond acceptors (Lipinski definition) is 3. The van der Waals surface area contributed by atoms with E-state index in [1.54, 1.807) is 16.2 Å². The molecular formula is C16H24N2O2S. The van der Waals surface area contributed by atoms with Crippen molar-refractivity contribution in [1.29, 1.82) is 0 Å². The molecule has 2 heterocycles. The van der Waals surface area contributed by atoms with Crippen molar-refractivity contribution in [3.63, 3.8) is 0 Å². The maximum Gasteiger partial charge on any atom is 0.246 e. The summed E-state index contributed by atoms with van der Waals surface area (Å²) < 4.78 is 0. The van der Waals surface area contributed by atoms with Crippen molar-refractivity contribution in [2.45, 2.75) is 65.1 Å². The minimum absolute atomic E-state index is 0.0351. The molecule has 21 heavy (non-hydrogen) atoms. The van der Waals surface area contributed by atoms with Crippen LogP contribution in [-0.4, -0.2) is 28.3 Å². The van der Waals surface area contributed by atoms with Crippen LogP contribution < -0.4 is 5.32 Å². The van der Waals surface area contributed by atoms with Crippen molar-refractivity contribution in [2.24, 2.45) is 0 Å². The molecule has 0 aromatic carbocycles. The monoisotopic (exact) mass is 308 g/mol. The second-order valence-corrected chi connectivity index (χ2v) is 6.96. The number of aryl methyl sites for hydroxylation is 1. The quantitative estimate of drug-likeness (QED) is 0.909. The summed E-state index contributed by atoms with van der Waals surface area (Å²) in [5, 5.41) is 2.86. The van der Waals surface area contributed by atoms with Gasteiger partial charge in [-0.25, -0.2) is 0 Å². The van der Waals surface area contributed by atoms with E-state index in [1.165, 1.54) is 4.88 Å². The summed E-state index contributed by atoms with van der Waals surface area (Å²) in [5.41, 5.74) is -0.751. The fourth-order valence-electron chi connectivity index (χ4n) is 2.66. The molecule has 116 valence electrons. The molecule has 4 nitrogen and oxygen atoms in total. The number of rotatable bonds is 5. The molecule has 2 atom stereocenters. The van der Waals surface area contributed by atoms with Gasteiger partial charge in [-0.2, -0.15) is 0 Å². The molecule has 2 amide bonds. The van der Waals surface area contributed by atoms with E-state index in [-0.39, 0.29) is 17.9 Å². The van der Waals surface area contributed by atoms with Gasteiger partial charge in [0.05, 0.1) is 6.54 Å². The molecule has 1 aliphatic heterocycles. The van der Waals surface area contributed by atoms with Gasteiger partial charge in [-0.1, -0.05) is 20.8 Å². The zero-order valence-electron chi connectivity index (χ0n) is 13.2. The number of hydrogen-bond donors (Lipinski definition) is 1. The van der Waals surface area contributed by atoms with Gasteiger partial charge in [0.25, 0.3) is 0 Å². The minimum Gasteiger partial charge on any atom is -0.342 e. The van der Waals surface area contributed by atoms with Crippen LogP contribution in [0.4, 0.5) is 0 Å². The van der Waals surface area contributed by atoms with E-state index in [1.807, 2.05) is 20.8 Å². The lowest BCUT2D eigenvalue weighted by molar-refractivity contribution is -0.157. The van der Waals surface area contributed by atoms with Crippen LogP contribution in [0.25, 0.3) is 0 Å². The third kappa shape index (κ3) is 2.84. The molecule has 2 rings (SSSR count). The Morgan fingerprint density at radius 1 is 1.24 bits per heavy atom. The second kappa shape index (κ2) is 6.18. The summed E-state index contributed by atoms with van der Waals surface area (Å²) in [5.74, 6) is -0.00313. The molecule has 0 aliphatic carbocycles. The van der Waals surface area contributed by atoms with Gasteiger partial charge in [-0.3, -0.25) is 9.59 Å². The van der Waals surface area contributed by atoms with E-state index in [0.717, 1.165) is 11.3 Å². The average molecular weight is 308 g/mol. The second-order valence-electron chi connectivity index (χ2n) is 5.71. The number of piperazine rings is 1. The molecule has 2 unspecified atom stereocenters. The van der Waals surface area contributed by atoms with Gasteiger partial charge >= 0.3 is 0 Å². The largest absolute Gasteiger partial charge is 0.342 e. The Balaban J connectivity index is 2.30. The highest BCUT2D eigenvalue weighted by atomic mass is 32.1. The molecule has 0 radical (unpaired) electrons. The number of carbonyl (C=O) groups excluding carboxylic acids is 2. The first-order chi connectivity index (χ1) is 9.96.